The van der Waals surface area contributed by atoms with Crippen molar-refractivity contribution >= 4 is 36.9 Å². The molecule has 4 rings (SSSR count). The van der Waals surface area contributed by atoms with Gasteiger partial charge in [0.25, 0.3) is 5.56 Å². The zero-order valence-electron chi connectivity index (χ0n) is 24.2. The third-order valence-corrected chi connectivity index (χ3v) is 7.78. The van der Waals surface area contributed by atoms with E-state index in [0.29, 0.717) is 0 Å². The molecule has 45 heavy (non-hydrogen) atoms. The number of aliphatic hydroxyl groups excluding tert-OH is 2. The average molecular weight is 662 g/mol. The maximum absolute atomic E-state index is 13.2. The molecule has 3 unspecified atom stereocenters. The van der Waals surface area contributed by atoms with Crippen LogP contribution in [0.15, 0.2) is 28.9 Å². The summed E-state index contributed by atoms with van der Waals surface area (Å²) < 4.78 is 48.0. The number of nitrogens with two attached hydrogens (primary N) is 3. The number of imidazole rings is 1. The van der Waals surface area contributed by atoms with Crippen LogP contribution in [0.5, 0.6) is 0 Å². The first kappa shape index (κ1) is 34.4. The Kier molecular flexibility index (Phi) is 10.9. The van der Waals surface area contributed by atoms with Gasteiger partial charge < -0.3 is 51.3 Å². The normalized spacial score (nSPS) is 29.4. The van der Waals surface area contributed by atoms with E-state index in [-0.39, 0.29) is 30.3 Å². The first-order chi connectivity index (χ1) is 21.3. The van der Waals surface area contributed by atoms with E-state index in [2.05, 4.69) is 26.5 Å². The summed E-state index contributed by atoms with van der Waals surface area (Å²) in [6.45, 7) is 5.62. The lowest BCUT2D eigenvalue weighted by Crippen LogP contribution is -2.46. The molecule has 0 aromatic carbocycles. The van der Waals surface area contributed by atoms with Gasteiger partial charge >= 0.3 is 13.9 Å². The molecule has 0 spiro atoms. The van der Waals surface area contributed by atoms with E-state index in [4.69, 9.17) is 45.2 Å². The standard InChI is InChI=1S/C23H36N9O12P/c1-4-31(23(36)30-21(24)25)20-16(40-6-3)14(10(7-33)42-20)44-45(37,38)41-8-11-13(34)15(39-5-2)19(43-11)32-9-27-12-17(32)28-22(26)29-18(12)35/h4,9-11,13-16,19-20,33-34H,1,5-8H2,2-3H3,(H,37,38)(H4,24,25,30,36)(H3,26,28,29,35)/t10-,11-,13+,14+,15?,16?,19-,20-/m1/s1. The fourth-order valence-corrected chi connectivity index (χ4v) is 5.93. The van der Waals surface area contributed by atoms with E-state index in [1.807, 2.05) is 0 Å². The second kappa shape index (κ2) is 14.3. The number of nitrogens with one attached hydrogen (secondary N) is 1. The molecule has 0 bridgehead atoms. The summed E-state index contributed by atoms with van der Waals surface area (Å²) in [5, 5.41) is 20.9. The molecular formula is C23H36N9O12P. The molecule has 0 saturated carbocycles. The number of carbonyl (C=O) groups is 1. The van der Waals surface area contributed by atoms with Crippen molar-refractivity contribution in [2.45, 2.75) is 62.9 Å². The van der Waals surface area contributed by atoms with E-state index in [0.717, 1.165) is 11.1 Å². The topological polar surface area (TPSA) is 307 Å². The summed E-state index contributed by atoms with van der Waals surface area (Å²) in [5.74, 6) is -0.724. The van der Waals surface area contributed by atoms with Crippen LogP contribution in [-0.2, 0) is 32.6 Å². The molecule has 0 aliphatic carbocycles. The third-order valence-electron chi connectivity index (χ3n) is 6.79. The lowest BCUT2D eigenvalue weighted by Gasteiger charge is -2.29. The van der Waals surface area contributed by atoms with Gasteiger partial charge in [-0.15, -0.1) is 0 Å². The summed E-state index contributed by atoms with van der Waals surface area (Å²) in [5.41, 5.74) is 15.7. The quantitative estimate of drug-likeness (QED) is 0.0682. The molecule has 2 fully saturated rings. The van der Waals surface area contributed by atoms with E-state index < -0.39 is 87.7 Å². The van der Waals surface area contributed by atoms with E-state index in [9.17, 15) is 29.3 Å². The van der Waals surface area contributed by atoms with Gasteiger partial charge in [0, 0.05) is 19.4 Å². The van der Waals surface area contributed by atoms with Crippen molar-refractivity contribution in [3.8, 4) is 0 Å². The number of amides is 2. The van der Waals surface area contributed by atoms with Crippen LogP contribution in [0.1, 0.15) is 20.1 Å². The Labute approximate surface area is 255 Å². The number of phosphoric ester groups is 1. The molecule has 4 heterocycles. The van der Waals surface area contributed by atoms with Crippen LogP contribution in [-0.4, -0.2) is 121 Å². The monoisotopic (exact) mass is 661 g/mol. The highest BCUT2D eigenvalue weighted by Crippen LogP contribution is 2.49. The Morgan fingerprint density at radius 3 is 2.56 bits per heavy atom. The number of aromatic nitrogens is 4. The van der Waals surface area contributed by atoms with Gasteiger partial charge in [-0.3, -0.25) is 28.3 Å². The Balaban J connectivity index is 1.51. The number of guanidine groups is 1. The number of rotatable bonds is 13. The summed E-state index contributed by atoms with van der Waals surface area (Å²) in [6.07, 6.45) is -7.77. The second-order valence-corrected chi connectivity index (χ2v) is 11.1. The van der Waals surface area contributed by atoms with Gasteiger partial charge in [0.05, 0.1) is 19.5 Å². The number of ether oxygens (including phenoxy) is 4. The molecule has 2 aliphatic heterocycles. The Hall–Kier alpha value is -3.50. The van der Waals surface area contributed by atoms with Gasteiger partial charge in [0.2, 0.25) is 5.95 Å². The van der Waals surface area contributed by atoms with Gasteiger partial charge in [-0.2, -0.15) is 9.98 Å². The van der Waals surface area contributed by atoms with Gasteiger partial charge in [0.1, 0.15) is 36.6 Å². The van der Waals surface area contributed by atoms with Crippen LogP contribution in [0.4, 0.5) is 10.7 Å². The highest BCUT2D eigenvalue weighted by atomic mass is 31.2. The van der Waals surface area contributed by atoms with Crippen molar-refractivity contribution in [1.82, 2.24) is 24.4 Å². The maximum Gasteiger partial charge on any atom is 0.472 e. The molecule has 2 aromatic heterocycles. The molecule has 2 amide bonds. The predicted octanol–water partition coefficient (Wildman–Crippen LogP) is -2.17. The highest BCUT2D eigenvalue weighted by molar-refractivity contribution is 7.47. The number of aliphatic hydroxyl groups is 2. The van der Waals surface area contributed by atoms with Crippen molar-refractivity contribution < 1.29 is 52.5 Å². The zero-order valence-corrected chi connectivity index (χ0v) is 25.1. The van der Waals surface area contributed by atoms with E-state index in [1.54, 1.807) is 13.8 Å². The summed E-state index contributed by atoms with van der Waals surface area (Å²) in [4.78, 5) is 50.2. The molecule has 10 N–H and O–H groups in total. The maximum atomic E-state index is 13.2. The number of nitrogen functional groups attached to an aromatic ring is 1. The molecule has 2 aromatic rings. The molecule has 2 aliphatic rings. The zero-order chi connectivity index (χ0) is 33.1. The number of nitrogens with zero attached hydrogens (tertiary/aromatic N) is 5. The van der Waals surface area contributed by atoms with E-state index >= 15 is 0 Å². The summed E-state index contributed by atoms with van der Waals surface area (Å²) in [7, 11) is -5.00. The molecular weight excluding hydrogens is 625 g/mol. The van der Waals surface area contributed by atoms with Crippen LogP contribution in [0.25, 0.3) is 11.2 Å². The number of aromatic amines is 1. The van der Waals surface area contributed by atoms with Crippen molar-refractivity contribution in [2.75, 3.05) is 32.2 Å². The van der Waals surface area contributed by atoms with Crippen LogP contribution >= 0.6 is 7.82 Å². The number of hydrogen-bond donors (Lipinski definition) is 7. The van der Waals surface area contributed by atoms with Crippen molar-refractivity contribution in [3.63, 3.8) is 0 Å². The van der Waals surface area contributed by atoms with Crippen molar-refractivity contribution in [2.24, 2.45) is 16.5 Å². The summed E-state index contributed by atoms with van der Waals surface area (Å²) >= 11 is 0. The van der Waals surface area contributed by atoms with Crippen LogP contribution in [0, 0.1) is 0 Å². The predicted molar refractivity (Wildman–Crippen MR) is 153 cm³/mol. The number of anilines is 1. The van der Waals surface area contributed by atoms with E-state index in [1.165, 1.54) is 10.9 Å². The highest BCUT2D eigenvalue weighted by Gasteiger charge is 2.53. The molecule has 9 atom stereocenters. The number of H-pyrrole nitrogens is 1. The minimum Gasteiger partial charge on any atom is -0.394 e. The number of aliphatic imine (C=N–C) groups is 1. The fraction of sp³-hybridized carbons (Fsp3) is 0.609. The smallest absolute Gasteiger partial charge is 0.394 e. The molecule has 21 nitrogen and oxygen atoms in total. The largest absolute Gasteiger partial charge is 0.472 e. The number of fused-ring (bicyclic) bond motifs is 1. The summed E-state index contributed by atoms with van der Waals surface area (Å²) in [6, 6.07) is -0.987. The third kappa shape index (κ3) is 7.33. The van der Waals surface area contributed by atoms with Crippen LogP contribution in [0.3, 0.4) is 0 Å². The Morgan fingerprint density at radius 2 is 1.93 bits per heavy atom. The Morgan fingerprint density at radius 1 is 1.24 bits per heavy atom. The van der Waals surface area contributed by atoms with Gasteiger partial charge in [-0.25, -0.2) is 14.3 Å². The molecule has 22 heteroatoms. The van der Waals surface area contributed by atoms with Crippen molar-refractivity contribution in [3.05, 3.63) is 29.5 Å². The Bertz CT molecular complexity index is 1500. The molecule has 0 radical (unpaired) electrons. The minimum atomic E-state index is -5.00. The number of phosphoric acid groups is 1. The van der Waals surface area contributed by atoms with Crippen LogP contribution < -0.4 is 22.8 Å². The minimum absolute atomic E-state index is 0.0399. The average Bonchev–Trinajstić information content (AvgIpc) is 3.62. The number of carbonyl (C=O) groups excluding carboxylic acids is 1. The van der Waals surface area contributed by atoms with Gasteiger partial charge in [-0.05, 0) is 13.8 Å². The lowest BCUT2D eigenvalue weighted by atomic mass is 10.1. The molecule has 2 saturated heterocycles. The van der Waals surface area contributed by atoms with Crippen molar-refractivity contribution in [1.29, 1.82) is 0 Å². The SMILES string of the molecule is C=CN(C(=O)N=C(N)N)[C@@H]1O[C@H](CO)[C@H](OP(=O)(O)OC[C@H]2O[C@@H](n3cnc4c(=O)[nH]c(N)nc43)C(OCC)[C@H]2O)C1OCC. The number of hydrogen-bond acceptors (Lipinski definition) is 14. The fourth-order valence-electron chi connectivity index (χ4n) is 4.97. The van der Waals surface area contributed by atoms with Crippen LogP contribution in [0.2, 0.25) is 0 Å². The molecule has 250 valence electrons. The first-order valence-electron chi connectivity index (χ1n) is 13.6. The second-order valence-electron chi connectivity index (χ2n) is 9.66. The lowest BCUT2D eigenvalue weighted by molar-refractivity contribution is -0.0798. The van der Waals surface area contributed by atoms with Gasteiger partial charge in [0.15, 0.2) is 29.6 Å². The van der Waals surface area contributed by atoms with Gasteiger partial charge in [-0.1, -0.05) is 6.58 Å². The number of urea groups is 1. The first-order valence-corrected chi connectivity index (χ1v) is 15.1.